The Morgan fingerprint density at radius 1 is 1.33 bits per heavy atom. The second-order valence-corrected chi connectivity index (χ2v) is 7.57. The number of methoxy groups -OCH3 is 1. The molecule has 27 heavy (non-hydrogen) atoms. The molecule has 0 radical (unpaired) electrons. The lowest BCUT2D eigenvalue weighted by Gasteiger charge is -2.52. The second kappa shape index (κ2) is 6.77. The molecule has 2 aliphatic rings. The molecule has 2 aromatic rings. The number of anilines is 1. The molecule has 7 heteroatoms. The molecule has 0 amide bonds. The van der Waals surface area contributed by atoms with E-state index in [4.69, 9.17) is 38.0 Å². The average Bonchev–Trinajstić information content (AvgIpc) is 2.62. The molecule has 4 rings (SSSR count). The van der Waals surface area contributed by atoms with Crippen LogP contribution < -0.4 is 24.4 Å². The van der Waals surface area contributed by atoms with Crippen molar-refractivity contribution in [3.63, 3.8) is 0 Å². The van der Waals surface area contributed by atoms with Gasteiger partial charge in [0.15, 0.2) is 22.3 Å². The minimum absolute atomic E-state index is 0.0492. The number of rotatable bonds is 4. The Morgan fingerprint density at radius 2 is 2.15 bits per heavy atom. The van der Waals surface area contributed by atoms with E-state index in [9.17, 15) is 0 Å². The van der Waals surface area contributed by atoms with E-state index in [0.29, 0.717) is 28.9 Å². The van der Waals surface area contributed by atoms with Gasteiger partial charge in [-0.15, -0.1) is 0 Å². The molecule has 5 nitrogen and oxygen atoms in total. The van der Waals surface area contributed by atoms with Gasteiger partial charge >= 0.3 is 0 Å². The van der Waals surface area contributed by atoms with Gasteiger partial charge < -0.3 is 19.5 Å². The minimum atomic E-state index is -0.703. The fraction of sp³-hybridized carbons (Fsp3) is 0.350. The molecular weight excluding hydrogens is 384 g/mol. The van der Waals surface area contributed by atoms with Gasteiger partial charge in [-0.25, -0.2) is 0 Å². The number of benzene rings is 2. The molecule has 1 fully saturated rings. The Balaban J connectivity index is 1.83. The highest BCUT2D eigenvalue weighted by molar-refractivity contribution is 7.80. The molecule has 2 atom stereocenters. The van der Waals surface area contributed by atoms with Crippen LogP contribution in [0.2, 0.25) is 5.02 Å². The first-order valence-corrected chi connectivity index (χ1v) is 9.64. The molecule has 1 N–H and O–H groups in total. The molecule has 1 saturated heterocycles. The molecule has 142 valence electrons. The Morgan fingerprint density at radius 3 is 2.89 bits per heavy atom. The number of halogens is 1. The molecule has 0 saturated carbocycles. The molecule has 0 unspecified atom stereocenters. The normalized spacial score (nSPS) is 23.2. The third-order valence-electron chi connectivity index (χ3n) is 4.95. The van der Waals surface area contributed by atoms with Crippen LogP contribution in [0.25, 0.3) is 0 Å². The van der Waals surface area contributed by atoms with Gasteiger partial charge in [-0.2, -0.15) is 0 Å². The van der Waals surface area contributed by atoms with E-state index >= 15 is 0 Å². The summed E-state index contributed by atoms with van der Waals surface area (Å²) >= 11 is 12.0. The van der Waals surface area contributed by atoms with E-state index in [1.165, 1.54) is 0 Å². The molecule has 2 heterocycles. The maximum atomic E-state index is 6.53. The molecular formula is C20H21ClN2O3S. The van der Waals surface area contributed by atoms with Crippen LogP contribution in [0, 0.1) is 0 Å². The van der Waals surface area contributed by atoms with Crippen LogP contribution in [0.5, 0.6) is 17.2 Å². The maximum Gasteiger partial charge on any atom is 0.188 e. The predicted octanol–water partition coefficient (Wildman–Crippen LogP) is 4.68. The summed E-state index contributed by atoms with van der Waals surface area (Å²) in [6, 6.07) is 11.5. The lowest BCUT2D eigenvalue weighted by Crippen LogP contribution is -2.65. The Bertz CT molecular complexity index is 907. The van der Waals surface area contributed by atoms with Crippen molar-refractivity contribution >= 4 is 34.6 Å². The first-order valence-electron chi connectivity index (χ1n) is 8.86. The van der Waals surface area contributed by atoms with Gasteiger partial charge in [0.1, 0.15) is 5.75 Å². The number of fused-ring (bicyclic) bond motifs is 4. The number of para-hydroxylation sites is 1. The highest BCUT2D eigenvalue weighted by Gasteiger charge is 2.49. The van der Waals surface area contributed by atoms with Crippen molar-refractivity contribution in [3.05, 3.63) is 47.0 Å². The summed E-state index contributed by atoms with van der Waals surface area (Å²) in [4.78, 5) is 1.94. The predicted molar refractivity (Wildman–Crippen MR) is 110 cm³/mol. The summed E-state index contributed by atoms with van der Waals surface area (Å²) in [5.41, 5.74) is 1.12. The van der Waals surface area contributed by atoms with Crippen LogP contribution in [0.4, 0.5) is 5.69 Å². The summed E-state index contributed by atoms with van der Waals surface area (Å²) in [6.07, 6.45) is 0.714. The SMILES string of the molecule is CCOc1cccc2c1O[C@@]1(C)C[C@@H]2NC(=S)N1c1cc(Cl)ccc1OC. The molecule has 0 aromatic heterocycles. The van der Waals surface area contributed by atoms with Gasteiger partial charge in [-0.3, -0.25) is 4.90 Å². The van der Waals surface area contributed by atoms with Crippen molar-refractivity contribution in [2.24, 2.45) is 0 Å². The lowest BCUT2D eigenvalue weighted by atomic mass is 9.90. The van der Waals surface area contributed by atoms with Gasteiger partial charge in [0.05, 0.1) is 25.4 Å². The Kier molecular flexibility index (Phi) is 4.56. The second-order valence-electron chi connectivity index (χ2n) is 6.74. The van der Waals surface area contributed by atoms with E-state index in [1.54, 1.807) is 13.2 Å². The Hall–Kier alpha value is -2.18. The zero-order valence-corrected chi connectivity index (χ0v) is 17.0. The van der Waals surface area contributed by atoms with Gasteiger partial charge in [0, 0.05) is 17.0 Å². The smallest absolute Gasteiger partial charge is 0.188 e. The van der Waals surface area contributed by atoms with E-state index < -0.39 is 5.72 Å². The van der Waals surface area contributed by atoms with Crippen molar-refractivity contribution in [3.8, 4) is 17.2 Å². The quantitative estimate of drug-likeness (QED) is 0.746. The fourth-order valence-electron chi connectivity index (χ4n) is 3.83. The number of nitrogens with one attached hydrogen (secondary N) is 1. The van der Waals surface area contributed by atoms with Crippen LogP contribution >= 0.6 is 23.8 Å². The monoisotopic (exact) mass is 404 g/mol. The highest BCUT2D eigenvalue weighted by Crippen LogP contribution is 2.50. The van der Waals surface area contributed by atoms with Crippen molar-refractivity contribution < 1.29 is 14.2 Å². The number of hydrogen-bond donors (Lipinski definition) is 1. The van der Waals surface area contributed by atoms with E-state index in [1.807, 2.05) is 49.1 Å². The van der Waals surface area contributed by atoms with Gasteiger partial charge in [0.25, 0.3) is 0 Å². The maximum absolute atomic E-state index is 6.53. The summed E-state index contributed by atoms with van der Waals surface area (Å²) in [6.45, 7) is 4.55. The van der Waals surface area contributed by atoms with Crippen LogP contribution in [0.15, 0.2) is 36.4 Å². The van der Waals surface area contributed by atoms with Crippen molar-refractivity contribution in [2.75, 3.05) is 18.6 Å². The number of thiocarbonyl (C=S) groups is 1. The van der Waals surface area contributed by atoms with E-state index in [-0.39, 0.29) is 6.04 Å². The first-order chi connectivity index (χ1) is 13.0. The zero-order valence-electron chi connectivity index (χ0n) is 15.4. The third-order valence-corrected chi connectivity index (χ3v) is 5.48. The molecule has 2 aromatic carbocycles. The minimum Gasteiger partial charge on any atom is -0.495 e. The van der Waals surface area contributed by atoms with Gasteiger partial charge in [-0.05, 0) is 50.3 Å². The first kappa shape index (κ1) is 18.2. The van der Waals surface area contributed by atoms with Gasteiger partial charge in [0.2, 0.25) is 0 Å². The van der Waals surface area contributed by atoms with Crippen molar-refractivity contribution in [2.45, 2.75) is 32.0 Å². The number of ether oxygens (including phenoxy) is 3. The van der Waals surface area contributed by atoms with E-state index in [0.717, 1.165) is 22.7 Å². The van der Waals surface area contributed by atoms with Crippen LogP contribution in [-0.4, -0.2) is 24.6 Å². The van der Waals surface area contributed by atoms with Crippen molar-refractivity contribution in [1.29, 1.82) is 0 Å². The summed E-state index contributed by atoms with van der Waals surface area (Å²) in [7, 11) is 1.63. The van der Waals surface area contributed by atoms with Crippen LogP contribution in [0.3, 0.4) is 0 Å². The zero-order chi connectivity index (χ0) is 19.2. The van der Waals surface area contributed by atoms with E-state index in [2.05, 4.69) is 5.32 Å². The third kappa shape index (κ3) is 2.97. The Labute approximate surface area is 169 Å². The van der Waals surface area contributed by atoms with Crippen LogP contribution in [0.1, 0.15) is 31.9 Å². The molecule has 2 aliphatic heterocycles. The lowest BCUT2D eigenvalue weighted by molar-refractivity contribution is 0.0453. The summed E-state index contributed by atoms with van der Waals surface area (Å²) in [5.74, 6) is 2.16. The number of hydrogen-bond acceptors (Lipinski definition) is 4. The topological polar surface area (TPSA) is 43.0 Å². The largest absolute Gasteiger partial charge is 0.495 e. The van der Waals surface area contributed by atoms with Crippen molar-refractivity contribution in [1.82, 2.24) is 5.32 Å². The molecule has 2 bridgehead atoms. The highest BCUT2D eigenvalue weighted by atomic mass is 35.5. The molecule has 0 aliphatic carbocycles. The summed E-state index contributed by atoms with van der Waals surface area (Å²) < 4.78 is 17.9. The standard InChI is InChI=1S/C20H21ClN2O3S/c1-4-25-17-7-5-6-13-14-11-20(2,26-18(13)17)23(19(27)22-14)15-10-12(21)8-9-16(15)24-3/h5-10,14H,4,11H2,1-3H3,(H,22,27)/t14-,20-/m0/s1. The number of nitrogens with zero attached hydrogens (tertiary/aromatic N) is 1. The average molecular weight is 405 g/mol. The molecule has 0 spiro atoms. The summed E-state index contributed by atoms with van der Waals surface area (Å²) in [5, 5.41) is 4.61. The van der Waals surface area contributed by atoms with Gasteiger partial charge in [-0.1, -0.05) is 23.7 Å². The van der Waals surface area contributed by atoms with Crippen LogP contribution in [-0.2, 0) is 0 Å². The fourth-order valence-corrected chi connectivity index (χ4v) is 4.43.